The van der Waals surface area contributed by atoms with Gasteiger partial charge in [0, 0.05) is 0 Å². The molecule has 16 atom stereocenters. The third-order valence-corrected chi connectivity index (χ3v) is 26.3. The molecule has 0 N–H and O–H groups in total. The molecule has 402 valence electrons. The van der Waals surface area contributed by atoms with Crippen molar-refractivity contribution >= 4 is 0 Å². The van der Waals surface area contributed by atoms with Crippen molar-refractivity contribution in [2.45, 2.75) is 287 Å². The highest BCUT2D eigenvalue weighted by atomic mass is 14.8. The normalized spacial score (nSPS) is 35.6. The zero-order valence-electron chi connectivity index (χ0n) is 53.6. The minimum atomic E-state index is 0.280. The fourth-order valence-electron chi connectivity index (χ4n) is 19.3. The van der Waals surface area contributed by atoms with E-state index in [1.165, 1.54) is 44.9 Å². The van der Waals surface area contributed by atoms with Crippen molar-refractivity contribution in [3.05, 3.63) is 0 Å². The van der Waals surface area contributed by atoms with E-state index in [2.05, 4.69) is 242 Å². The maximum Gasteiger partial charge on any atom is -0.0198 e. The molecular formula is C67H134. The predicted octanol–water partition coefficient (Wildman–Crippen LogP) is 22.5. The van der Waals surface area contributed by atoms with Crippen molar-refractivity contribution in [3.8, 4) is 0 Å². The van der Waals surface area contributed by atoms with Gasteiger partial charge in [0.25, 0.3) is 0 Å². The Morgan fingerprint density at radius 3 is 1.36 bits per heavy atom. The summed E-state index contributed by atoms with van der Waals surface area (Å²) >= 11 is 0. The van der Waals surface area contributed by atoms with Crippen LogP contribution in [-0.4, -0.2) is 0 Å². The van der Waals surface area contributed by atoms with Crippen molar-refractivity contribution < 1.29 is 0 Å². The molecule has 0 aromatic rings. The van der Waals surface area contributed by atoms with Crippen molar-refractivity contribution in [1.29, 1.82) is 0 Å². The first-order valence-corrected chi connectivity index (χ1v) is 29.9. The fraction of sp³-hybridized carbons (Fsp3) is 1.00. The van der Waals surface area contributed by atoms with Gasteiger partial charge < -0.3 is 0 Å². The summed E-state index contributed by atoms with van der Waals surface area (Å²) in [6.07, 6.45) is 9.14. The van der Waals surface area contributed by atoms with Gasteiger partial charge in [0.1, 0.15) is 0 Å². The largest absolute Gasteiger partial charge is 0.0656 e. The minimum absolute atomic E-state index is 0.280. The lowest BCUT2D eigenvalue weighted by Gasteiger charge is -2.77. The van der Waals surface area contributed by atoms with Crippen LogP contribution in [0, 0.1) is 143 Å². The number of fused-ring (bicyclic) bond motifs is 3. The molecule has 0 aromatic carbocycles. The summed E-state index contributed by atoms with van der Waals surface area (Å²) in [6, 6.07) is 0. The molecule has 3 aliphatic carbocycles. The average molecular weight is 940 g/mol. The molecule has 0 saturated heterocycles. The lowest BCUT2D eigenvalue weighted by Crippen LogP contribution is -2.72. The van der Waals surface area contributed by atoms with Gasteiger partial charge in [-0.25, -0.2) is 0 Å². The second kappa shape index (κ2) is 22.2. The van der Waals surface area contributed by atoms with Gasteiger partial charge in [-0.3, -0.25) is 0 Å². The molecule has 0 radical (unpaired) electrons. The van der Waals surface area contributed by atoms with E-state index in [1.807, 2.05) is 0 Å². The fourth-order valence-corrected chi connectivity index (χ4v) is 19.3. The summed E-state index contributed by atoms with van der Waals surface area (Å²) in [6.45, 7) is 89.4. The van der Waals surface area contributed by atoms with Crippen LogP contribution in [0.25, 0.3) is 0 Å². The van der Waals surface area contributed by atoms with Crippen LogP contribution in [0.2, 0.25) is 0 Å². The summed E-state index contributed by atoms with van der Waals surface area (Å²) in [5.41, 5.74) is 3.17. The Morgan fingerprint density at radius 2 is 1.03 bits per heavy atom. The molecule has 3 rings (SSSR count). The van der Waals surface area contributed by atoms with Crippen LogP contribution < -0.4 is 0 Å². The van der Waals surface area contributed by atoms with Gasteiger partial charge in [0.2, 0.25) is 0 Å². The molecule has 13 unspecified atom stereocenters. The zero-order chi connectivity index (χ0) is 53.6. The molecule has 0 aromatic heterocycles. The number of rotatable bonds is 15. The first-order valence-electron chi connectivity index (χ1n) is 29.9. The smallest absolute Gasteiger partial charge is 0.0198 e. The molecule has 0 bridgehead atoms. The highest BCUT2D eigenvalue weighted by Gasteiger charge is 2.74. The summed E-state index contributed by atoms with van der Waals surface area (Å²) < 4.78 is 0. The van der Waals surface area contributed by atoms with E-state index >= 15 is 0 Å². The summed E-state index contributed by atoms with van der Waals surface area (Å²) in [4.78, 5) is 0. The van der Waals surface area contributed by atoms with Crippen LogP contribution in [-0.2, 0) is 0 Å². The average Bonchev–Trinajstić information content (AvgIpc) is 3.21. The van der Waals surface area contributed by atoms with Crippen LogP contribution in [0.5, 0.6) is 0 Å². The van der Waals surface area contributed by atoms with E-state index < -0.39 is 0 Å². The highest BCUT2D eigenvalue weighted by Crippen LogP contribution is 2.79. The monoisotopic (exact) mass is 939 g/mol. The van der Waals surface area contributed by atoms with E-state index in [1.54, 1.807) is 0 Å². The predicted molar refractivity (Wildman–Crippen MR) is 308 cm³/mol. The van der Waals surface area contributed by atoms with Gasteiger partial charge in [-0.1, -0.05) is 281 Å². The molecule has 3 fully saturated rings. The zero-order valence-corrected chi connectivity index (χ0v) is 53.6. The minimum Gasteiger partial charge on any atom is -0.0656 e. The third-order valence-electron chi connectivity index (χ3n) is 26.3. The first-order chi connectivity index (χ1) is 29.9. The Balaban J connectivity index is 0.000000852. The quantitative estimate of drug-likeness (QED) is 0.153. The number of hydrogen-bond donors (Lipinski definition) is 0. The van der Waals surface area contributed by atoms with Crippen molar-refractivity contribution in [1.82, 2.24) is 0 Å². The molecule has 67 heavy (non-hydrogen) atoms. The summed E-state index contributed by atoms with van der Waals surface area (Å²) in [5.74, 6) is 11.3. The Kier molecular flexibility index (Phi) is 21.6. The molecule has 3 saturated carbocycles. The van der Waals surface area contributed by atoms with E-state index in [0.29, 0.717) is 60.6 Å². The van der Waals surface area contributed by atoms with Gasteiger partial charge in [0.05, 0.1) is 0 Å². The van der Waals surface area contributed by atoms with Crippen molar-refractivity contribution in [3.63, 3.8) is 0 Å². The van der Waals surface area contributed by atoms with Gasteiger partial charge >= 0.3 is 0 Å². The van der Waals surface area contributed by atoms with E-state index in [4.69, 9.17) is 0 Å². The van der Waals surface area contributed by atoms with E-state index in [-0.39, 0.29) is 5.41 Å². The third kappa shape index (κ3) is 10.6. The van der Waals surface area contributed by atoms with Crippen LogP contribution >= 0.6 is 0 Å². The standard InChI is InChI=1S/C45H86.C19H40.C3H8/c1-22-33-36(28(7)8)37(43(19,25-4)32(12)40(13,14)23-2)29(9)34-26-44(20,41(15,16)24-3)39-42(17,18)30(10)35(27(5)6)31(11)45(39,21)38(33)34;1-13-15(4)17(8,9)18(10,11)19(12,14(2)3)16(5,6)7;1-3-2/h27-39H,22-26H2,1-21H3;14-15H,13H2,1-12H3;3H2,1-2H3/t29?,30?,31?,32?,33?,34-,35?,36?,37?,38?,39-,43?,44+,45?;;/m1../s1. The Labute approximate surface area is 428 Å². The summed E-state index contributed by atoms with van der Waals surface area (Å²) in [7, 11) is 0. The Bertz CT molecular complexity index is 1490. The van der Waals surface area contributed by atoms with Crippen molar-refractivity contribution in [2.75, 3.05) is 0 Å². The Morgan fingerprint density at radius 1 is 0.582 bits per heavy atom. The second-order valence-corrected chi connectivity index (χ2v) is 31.2. The maximum absolute atomic E-state index is 2.90. The van der Waals surface area contributed by atoms with Gasteiger partial charge in [-0.2, -0.15) is 0 Å². The van der Waals surface area contributed by atoms with Crippen LogP contribution in [0.3, 0.4) is 0 Å². The molecule has 3 aliphatic rings. The summed E-state index contributed by atoms with van der Waals surface area (Å²) in [5, 5.41) is 0. The van der Waals surface area contributed by atoms with E-state index in [9.17, 15) is 0 Å². The van der Waals surface area contributed by atoms with Gasteiger partial charge in [-0.05, 0) is 149 Å². The maximum atomic E-state index is 2.90. The van der Waals surface area contributed by atoms with Gasteiger partial charge in [-0.15, -0.1) is 0 Å². The first kappa shape index (κ1) is 65.0. The SMILES string of the molecule is CCC.CCC(C)C(C)(C)C(C)(C)C(C)(C(C)C)C(C)(C)C.CCC1C(C(C)C)C(C(C)(CC)C(C)C(C)(C)CC)C(C)[C@H]2C[C@](C)(C(C)(C)CC)[C@H]3C(C)(C)C(C)C(C(C)C)C(C)C3(C)C12. The molecular weight excluding hydrogens is 805 g/mol. The molecule has 0 spiro atoms. The molecule has 0 nitrogen and oxygen atoms in total. The van der Waals surface area contributed by atoms with Gasteiger partial charge in [0.15, 0.2) is 0 Å². The molecule has 0 heteroatoms. The Hall–Kier alpha value is 0. The van der Waals surface area contributed by atoms with Crippen LogP contribution in [0.1, 0.15) is 287 Å². The van der Waals surface area contributed by atoms with E-state index in [0.717, 1.165) is 76.9 Å². The number of hydrogen-bond acceptors (Lipinski definition) is 0. The molecule has 0 heterocycles. The lowest BCUT2D eigenvalue weighted by molar-refractivity contribution is -0.299. The highest BCUT2D eigenvalue weighted by molar-refractivity contribution is 5.21. The second-order valence-electron chi connectivity index (χ2n) is 31.2. The lowest BCUT2D eigenvalue weighted by atomic mass is 9.27. The molecule has 0 aliphatic heterocycles. The van der Waals surface area contributed by atoms with Crippen molar-refractivity contribution in [2.24, 2.45) is 143 Å². The van der Waals surface area contributed by atoms with Crippen LogP contribution in [0.4, 0.5) is 0 Å². The topological polar surface area (TPSA) is 0 Å². The molecule has 0 amide bonds. The van der Waals surface area contributed by atoms with Crippen LogP contribution in [0.15, 0.2) is 0 Å².